The molecule has 0 fully saturated rings. The number of amides is 1. The van der Waals surface area contributed by atoms with Crippen molar-refractivity contribution in [1.29, 1.82) is 0 Å². The van der Waals surface area contributed by atoms with Crippen LogP contribution in [0.5, 0.6) is 0 Å². The lowest BCUT2D eigenvalue weighted by molar-refractivity contribution is 0.0944. The lowest BCUT2D eigenvalue weighted by Gasteiger charge is -2.19. The highest BCUT2D eigenvalue weighted by atomic mass is 16.5. The summed E-state index contributed by atoms with van der Waals surface area (Å²) in [5.41, 5.74) is 3.44. The number of nitrogens with zero attached hydrogens (tertiary/aromatic N) is 3. The number of hydrogen-bond donors (Lipinski definition) is 1. The lowest BCUT2D eigenvalue weighted by atomic mass is 10.0. The minimum Gasteiger partial charge on any atom is -0.463 e. The number of aryl methyl sites for hydroxylation is 1. The third-order valence-corrected chi connectivity index (χ3v) is 5.03. The van der Waals surface area contributed by atoms with Crippen molar-refractivity contribution in [1.82, 2.24) is 20.4 Å². The molecular formula is C24H18N4O3. The first-order valence-electron chi connectivity index (χ1n) is 9.78. The maximum Gasteiger partial charge on any atom is 0.259 e. The van der Waals surface area contributed by atoms with Gasteiger partial charge in [0.05, 0.1) is 34.6 Å². The van der Waals surface area contributed by atoms with Gasteiger partial charge in [-0.3, -0.25) is 9.78 Å². The zero-order valence-electron chi connectivity index (χ0n) is 16.6. The van der Waals surface area contributed by atoms with Gasteiger partial charge in [0.1, 0.15) is 5.69 Å². The van der Waals surface area contributed by atoms with Crippen LogP contribution in [0.25, 0.3) is 22.6 Å². The van der Waals surface area contributed by atoms with E-state index in [1.54, 1.807) is 37.6 Å². The van der Waals surface area contributed by atoms with Gasteiger partial charge in [0.25, 0.3) is 11.6 Å². The predicted molar refractivity (Wildman–Crippen MR) is 114 cm³/mol. The van der Waals surface area contributed by atoms with Crippen LogP contribution in [0.4, 0.5) is 0 Å². The molecule has 0 aliphatic heterocycles. The molecule has 7 nitrogen and oxygen atoms in total. The number of furan rings is 1. The standard InChI is InChI=1S/C24H18N4O3/c1-15-21-17(14-19(20-11-7-13-30-20)26-24(21)31-28-15)23(29)27-22(16-8-3-2-4-9-16)18-10-5-6-12-25-18/h2-14,22H,1H3,(H,27,29). The average Bonchev–Trinajstić information content (AvgIpc) is 3.48. The second-order valence-corrected chi connectivity index (χ2v) is 7.05. The maximum atomic E-state index is 13.5. The molecule has 1 atom stereocenters. The summed E-state index contributed by atoms with van der Waals surface area (Å²) in [7, 11) is 0. The molecule has 4 heterocycles. The monoisotopic (exact) mass is 410 g/mol. The van der Waals surface area contributed by atoms with Gasteiger partial charge in [-0.2, -0.15) is 0 Å². The third-order valence-electron chi connectivity index (χ3n) is 5.03. The van der Waals surface area contributed by atoms with Gasteiger partial charge >= 0.3 is 0 Å². The SMILES string of the molecule is Cc1noc2nc(-c3ccco3)cc(C(=O)NC(c3ccccc3)c3ccccn3)c12. The molecule has 0 saturated carbocycles. The van der Waals surface area contributed by atoms with Gasteiger partial charge in [-0.05, 0) is 42.8 Å². The molecule has 0 aliphatic carbocycles. The number of benzene rings is 1. The van der Waals surface area contributed by atoms with Crippen LogP contribution in [0.2, 0.25) is 0 Å². The summed E-state index contributed by atoms with van der Waals surface area (Å²) in [6.45, 7) is 1.78. The molecule has 0 spiro atoms. The number of nitrogens with one attached hydrogen (secondary N) is 1. The van der Waals surface area contributed by atoms with Crippen molar-refractivity contribution in [3.8, 4) is 11.5 Å². The first kappa shape index (κ1) is 18.7. The van der Waals surface area contributed by atoms with E-state index in [0.29, 0.717) is 28.1 Å². The van der Waals surface area contributed by atoms with E-state index in [1.807, 2.05) is 48.5 Å². The van der Waals surface area contributed by atoms with E-state index in [1.165, 1.54) is 0 Å². The molecule has 7 heteroatoms. The summed E-state index contributed by atoms with van der Waals surface area (Å²) >= 11 is 0. The Morgan fingerprint density at radius 3 is 2.61 bits per heavy atom. The zero-order chi connectivity index (χ0) is 21.2. The summed E-state index contributed by atoms with van der Waals surface area (Å²) in [5.74, 6) is 0.250. The molecule has 5 rings (SSSR count). The second-order valence-electron chi connectivity index (χ2n) is 7.05. The number of pyridine rings is 2. The molecule has 0 saturated heterocycles. The van der Waals surface area contributed by atoms with Gasteiger partial charge in [-0.25, -0.2) is 4.98 Å². The Morgan fingerprint density at radius 2 is 1.87 bits per heavy atom. The Kier molecular flexibility index (Phi) is 4.76. The van der Waals surface area contributed by atoms with Gasteiger partial charge in [0.2, 0.25) is 0 Å². The Bertz CT molecular complexity index is 1290. The Balaban J connectivity index is 1.59. The van der Waals surface area contributed by atoms with Crippen molar-refractivity contribution in [3.05, 3.63) is 102 Å². The third kappa shape index (κ3) is 3.57. The van der Waals surface area contributed by atoms with Gasteiger partial charge in [0, 0.05) is 6.20 Å². The number of hydrogen-bond acceptors (Lipinski definition) is 6. The molecule has 31 heavy (non-hydrogen) atoms. The van der Waals surface area contributed by atoms with Crippen LogP contribution < -0.4 is 5.32 Å². The maximum absolute atomic E-state index is 13.5. The van der Waals surface area contributed by atoms with Crippen LogP contribution in [0.1, 0.15) is 33.4 Å². The van der Waals surface area contributed by atoms with E-state index in [2.05, 4.69) is 20.4 Å². The second kappa shape index (κ2) is 7.87. The Morgan fingerprint density at radius 1 is 1.03 bits per heavy atom. The average molecular weight is 410 g/mol. The molecule has 1 amide bonds. The highest BCUT2D eigenvalue weighted by Gasteiger charge is 2.24. The molecular weight excluding hydrogens is 392 g/mol. The number of fused-ring (bicyclic) bond motifs is 1. The van der Waals surface area contributed by atoms with Crippen LogP contribution in [-0.4, -0.2) is 21.0 Å². The molecule has 1 aromatic carbocycles. The van der Waals surface area contributed by atoms with Crippen LogP contribution in [0.15, 0.2) is 88.1 Å². The van der Waals surface area contributed by atoms with Crippen molar-refractivity contribution in [2.75, 3.05) is 0 Å². The summed E-state index contributed by atoms with van der Waals surface area (Å²) in [6, 6.07) is 20.2. The van der Waals surface area contributed by atoms with Crippen molar-refractivity contribution in [3.63, 3.8) is 0 Å². The van der Waals surface area contributed by atoms with Gasteiger partial charge in [0.15, 0.2) is 5.76 Å². The number of carbonyl (C=O) groups is 1. The van der Waals surface area contributed by atoms with Gasteiger partial charge in [-0.15, -0.1) is 0 Å². The molecule has 0 bridgehead atoms. The summed E-state index contributed by atoms with van der Waals surface area (Å²) in [4.78, 5) is 22.4. The fraction of sp³-hybridized carbons (Fsp3) is 0.0833. The van der Waals surface area contributed by atoms with E-state index in [9.17, 15) is 4.79 Å². The molecule has 1 unspecified atom stereocenters. The first-order chi connectivity index (χ1) is 15.2. The molecule has 0 aliphatic rings. The normalized spacial score (nSPS) is 12.0. The fourth-order valence-electron chi connectivity index (χ4n) is 3.55. The highest BCUT2D eigenvalue weighted by molar-refractivity contribution is 6.07. The Hall–Kier alpha value is -4.26. The quantitative estimate of drug-likeness (QED) is 0.451. The van der Waals surface area contributed by atoms with Crippen LogP contribution in [0.3, 0.4) is 0 Å². The predicted octanol–water partition coefficient (Wildman–Crippen LogP) is 4.71. The largest absolute Gasteiger partial charge is 0.463 e. The van der Waals surface area contributed by atoms with Gasteiger partial charge < -0.3 is 14.3 Å². The smallest absolute Gasteiger partial charge is 0.259 e. The van der Waals surface area contributed by atoms with Crippen molar-refractivity contribution >= 4 is 17.0 Å². The van der Waals surface area contributed by atoms with Crippen LogP contribution in [-0.2, 0) is 0 Å². The summed E-state index contributed by atoms with van der Waals surface area (Å²) in [5, 5.41) is 7.68. The number of carbonyl (C=O) groups excluding carboxylic acids is 1. The molecule has 1 N–H and O–H groups in total. The van der Waals surface area contributed by atoms with E-state index < -0.39 is 6.04 Å². The topological polar surface area (TPSA) is 94.0 Å². The zero-order valence-corrected chi connectivity index (χ0v) is 16.6. The van der Waals surface area contributed by atoms with E-state index in [0.717, 1.165) is 11.3 Å². The minimum atomic E-state index is -0.426. The van der Waals surface area contributed by atoms with Crippen molar-refractivity contribution < 1.29 is 13.7 Å². The summed E-state index contributed by atoms with van der Waals surface area (Å²) in [6.07, 6.45) is 3.26. The molecule has 5 aromatic rings. The van der Waals surface area contributed by atoms with Crippen molar-refractivity contribution in [2.45, 2.75) is 13.0 Å². The van der Waals surface area contributed by atoms with E-state index in [4.69, 9.17) is 8.94 Å². The van der Waals surface area contributed by atoms with Crippen molar-refractivity contribution in [2.24, 2.45) is 0 Å². The molecule has 152 valence electrons. The number of aromatic nitrogens is 3. The van der Waals surface area contributed by atoms with Gasteiger partial charge in [-0.1, -0.05) is 41.6 Å². The Labute approximate surface area is 177 Å². The highest BCUT2D eigenvalue weighted by Crippen LogP contribution is 2.28. The molecule has 0 radical (unpaired) electrons. The summed E-state index contributed by atoms with van der Waals surface area (Å²) < 4.78 is 10.8. The minimum absolute atomic E-state index is 0.283. The first-order valence-corrected chi connectivity index (χ1v) is 9.78. The van der Waals surface area contributed by atoms with Crippen LogP contribution >= 0.6 is 0 Å². The van der Waals surface area contributed by atoms with E-state index in [-0.39, 0.29) is 11.6 Å². The fourth-order valence-corrected chi connectivity index (χ4v) is 3.55. The van der Waals surface area contributed by atoms with Crippen LogP contribution in [0, 0.1) is 6.92 Å². The van der Waals surface area contributed by atoms with E-state index >= 15 is 0 Å². The lowest BCUT2D eigenvalue weighted by Crippen LogP contribution is -2.30. The molecule has 4 aromatic heterocycles. The number of rotatable bonds is 5.